The smallest absolute Gasteiger partial charge is 0.0438 e. The van der Waals surface area contributed by atoms with E-state index in [0.717, 1.165) is 23.6 Å². The van der Waals surface area contributed by atoms with Gasteiger partial charge in [-0.2, -0.15) is 0 Å². The van der Waals surface area contributed by atoms with Crippen LogP contribution in [0.25, 0.3) is 0 Å². The maximum Gasteiger partial charge on any atom is 0.0438 e. The molecule has 0 bridgehead atoms. The van der Waals surface area contributed by atoms with Crippen LogP contribution >= 0.6 is 11.6 Å². The van der Waals surface area contributed by atoms with Crippen LogP contribution in [0, 0.1) is 6.92 Å². The summed E-state index contributed by atoms with van der Waals surface area (Å²) in [5, 5.41) is 4.33. The van der Waals surface area contributed by atoms with Gasteiger partial charge in [-0.25, -0.2) is 0 Å². The van der Waals surface area contributed by atoms with Crippen LogP contribution in [-0.2, 0) is 5.41 Å². The van der Waals surface area contributed by atoms with E-state index in [1.165, 1.54) is 5.56 Å². The summed E-state index contributed by atoms with van der Waals surface area (Å²) < 4.78 is 0. The van der Waals surface area contributed by atoms with Crippen molar-refractivity contribution in [2.24, 2.45) is 0 Å². The second-order valence-corrected chi connectivity index (χ2v) is 6.11. The molecule has 0 fully saturated rings. The highest BCUT2D eigenvalue weighted by atomic mass is 35.5. The molecule has 0 amide bonds. The highest BCUT2D eigenvalue weighted by Crippen LogP contribution is 2.29. The average molecular weight is 254 g/mol. The van der Waals surface area contributed by atoms with Crippen molar-refractivity contribution in [1.82, 2.24) is 5.32 Å². The van der Waals surface area contributed by atoms with E-state index < -0.39 is 0 Å². The number of hydrogen-bond donors (Lipinski definition) is 1. The monoisotopic (exact) mass is 253 g/mol. The highest BCUT2D eigenvalue weighted by Gasteiger charge is 2.20. The van der Waals surface area contributed by atoms with Gasteiger partial charge in [0.2, 0.25) is 0 Å². The van der Waals surface area contributed by atoms with Crippen LogP contribution in [0.2, 0.25) is 5.02 Å². The highest BCUT2D eigenvalue weighted by molar-refractivity contribution is 6.31. The van der Waals surface area contributed by atoms with Crippen LogP contribution < -0.4 is 5.32 Å². The first-order chi connectivity index (χ1) is 7.83. The summed E-state index contributed by atoms with van der Waals surface area (Å²) >= 11 is 6.19. The Morgan fingerprint density at radius 3 is 2.47 bits per heavy atom. The number of aryl methyl sites for hydroxylation is 1. The lowest BCUT2D eigenvalue weighted by Gasteiger charge is -2.26. The molecule has 0 aromatic heterocycles. The van der Waals surface area contributed by atoms with Gasteiger partial charge in [0.05, 0.1) is 0 Å². The molecule has 0 aliphatic carbocycles. The van der Waals surface area contributed by atoms with E-state index in [4.69, 9.17) is 11.6 Å². The predicted molar refractivity (Wildman–Crippen MR) is 77.0 cm³/mol. The van der Waals surface area contributed by atoms with Gasteiger partial charge in [-0.1, -0.05) is 51.4 Å². The van der Waals surface area contributed by atoms with E-state index in [1.807, 2.05) is 6.92 Å². The Labute approximate surface area is 111 Å². The van der Waals surface area contributed by atoms with E-state index in [0.29, 0.717) is 6.04 Å². The first-order valence-electron chi connectivity index (χ1n) is 6.33. The Morgan fingerprint density at radius 1 is 1.29 bits per heavy atom. The largest absolute Gasteiger partial charge is 0.315 e. The number of rotatable bonds is 5. The number of nitrogens with one attached hydrogen (secondary N) is 1. The summed E-state index contributed by atoms with van der Waals surface area (Å²) in [7, 11) is 0. The van der Waals surface area contributed by atoms with Crippen LogP contribution in [0.3, 0.4) is 0 Å². The molecule has 0 saturated heterocycles. The molecule has 1 aromatic rings. The minimum Gasteiger partial charge on any atom is -0.315 e. The molecule has 0 heterocycles. The summed E-state index contributed by atoms with van der Waals surface area (Å²) in [4.78, 5) is 0. The molecular weight excluding hydrogens is 230 g/mol. The Morgan fingerprint density at radius 2 is 1.94 bits per heavy atom. The molecule has 0 spiro atoms. The van der Waals surface area contributed by atoms with Gasteiger partial charge in [-0.3, -0.25) is 0 Å². The van der Waals surface area contributed by atoms with E-state index >= 15 is 0 Å². The van der Waals surface area contributed by atoms with Gasteiger partial charge in [-0.05, 0) is 42.5 Å². The second-order valence-electron chi connectivity index (χ2n) is 5.71. The Balaban J connectivity index is 2.71. The van der Waals surface area contributed by atoms with Crippen molar-refractivity contribution in [1.29, 1.82) is 0 Å². The topological polar surface area (TPSA) is 12.0 Å². The van der Waals surface area contributed by atoms with Gasteiger partial charge < -0.3 is 5.32 Å². The fraction of sp³-hybridized carbons (Fsp3) is 0.600. The minimum atomic E-state index is 0.166. The summed E-state index contributed by atoms with van der Waals surface area (Å²) in [6, 6.07) is 6.95. The third-order valence-corrected chi connectivity index (χ3v) is 3.66. The quantitative estimate of drug-likeness (QED) is 0.824. The van der Waals surface area contributed by atoms with Crippen LogP contribution in [0.1, 0.15) is 45.2 Å². The van der Waals surface area contributed by atoms with Crippen molar-refractivity contribution in [3.63, 3.8) is 0 Å². The molecule has 0 saturated carbocycles. The van der Waals surface area contributed by atoms with Crippen molar-refractivity contribution >= 4 is 11.6 Å². The number of halogens is 1. The third kappa shape index (κ3) is 4.33. The molecule has 1 rings (SSSR count). The molecule has 96 valence electrons. The molecule has 17 heavy (non-hydrogen) atoms. The standard InChI is InChI=1S/C15H24ClN/c1-11(2)17-9-8-15(4,5)13-7-6-12(3)14(16)10-13/h6-7,10-11,17H,8-9H2,1-5H3. The molecule has 0 atom stereocenters. The van der Waals surface area contributed by atoms with E-state index in [1.54, 1.807) is 0 Å². The molecular formula is C15H24ClN. The molecule has 1 nitrogen and oxygen atoms in total. The normalized spacial score (nSPS) is 12.2. The first kappa shape index (κ1) is 14.5. The Bertz CT molecular complexity index is 369. The maximum absolute atomic E-state index is 6.19. The first-order valence-corrected chi connectivity index (χ1v) is 6.71. The maximum atomic E-state index is 6.19. The van der Waals surface area contributed by atoms with Gasteiger partial charge in [0.25, 0.3) is 0 Å². The summed E-state index contributed by atoms with van der Waals surface area (Å²) in [6.45, 7) is 12.0. The lowest BCUT2D eigenvalue weighted by atomic mass is 9.81. The van der Waals surface area contributed by atoms with Crippen LogP contribution in [0.15, 0.2) is 18.2 Å². The van der Waals surface area contributed by atoms with E-state index in [2.05, 4.69) is 51.2 Å². The van der Waals surface area contributed by atoms with E-state index in [-0.39, 0.29) is 5.41 Å². The second kappa shape index (κ2) is 5.88. The Hall–Kier alpha value is -0.530. The lowest BCUT2D eigenvalue weighted by molar-refractivity contribution is 0.441. The lowest BCUT2D eigenvalue weighted by Crippen LogP contribution is -2.29. The fourth-order valence-electron chi connectivity index (χ4n) is 1.83. The molecule has 0 radical (unpaired) electrons. The molecule has 1 aromatic carbocycles. The third-order valence-electron chi connectivity index (χ3n) is 3.26. The average Bonchev–Trinajstić information content (AvgIpc) is 2.21. The minimum absolute atomic E-state index is 0.166. The Kier molecular flexibility index (Phi) is 5.03. The summed E-state index contributed by atoms with van der Waals surface area (Å²) in [5.74, 6) is 0. The van der Waals surface area contributed by atoms with Crippen LogP contribution in [0.5, 0.6) is 0 Å². The SMILES string of the molecule is Cc1ccc(C(C)(C)CCNC(C)C)cc1Cl. The van der Waals surface area contributed by atoms with Gasteiger partial charge in [0.15, 0.2) is 0 Å². The van der Waals surface area contributed by atoms with Crippen molar-refractivity contribution < 1.29 is 0 Å². The van der Waals surface area contributed by atoms with Crippen molar-refractivity contribution in [3.05, 3.63) is 34.3 Å². The van der Waals surface area contributed by atoms with E-state index in [9.17, 15) is 0 Å². The fourth-order valence-corrected chi connectivity index (χ4v) is 2.01. The number of benzene rings is 1. The summed E-state index contributed by atoms with van der Waals surface area (Å²) in [6.07, 6.45) is 1.12. The van der Waals surface area contributed by atoms with Crippen molar-refractivity contribution in [2.45, 2.75) is 52.5 Å². The zero-order valence-electron chi connectivity index (χ0n) is 11.6. The van der Waals surface area contributed by atoms with Gasteiger partial charge >= 0.3 is 0 Å². The molecule has 0 aliphatic rings. The number of hydrogen-bond acceptors (Lipinski definition) is 1. The van der Waals surface area contributed by atoms with Crippen LogP contribution in [0.4, 0.5) is 0 Å². The van der Waals surface area contributed by atoms with Crippen LogP contribution in [-0.4, -0.2) is 12.6 Å². The van der Waals surface area contributed by atoms with Crippen molar-refractivity contribution in [2.75, 3.05) is 6.54 Å². The van der Waals surface area contributed by atoms with Gasteiger partial charge in [0, 0.05) is 11.1 Å². The molecule has 0 aliphatic heterocycles. The zero-order valence-corrected chi connectivity index (χ0v) is 12.4. The van der Waals surface area contributed by atoms with Crippen molar-refractivity contribution in [3.8, 4) is 0 Å². The molecule has 2 heteroatoms. The van der Waals surface area contributed by atoms with Gasteiger partial charge in [0.1, 0.15) is 0 Å². The molecule has 0 unspecified atom stereocenters. The summed E-state index contributed by atoms with van der Waals surface area (Å²) in [5.41, 5.74) is 2.63. The molecule has 1 N–H and O–H groups in total. The zero-order chi connectivity index (χ0) is 13.1. The van der Waals surface area contributed by atoms with Gasteiger partial charge in [-0.15, -0.1) is 0 Å². The predicted octanol–water partition coefficient (Wildman–Crippen LogP) is 4.31.